The smallest absolute Gasteiger partial charge is 0.191 e. The fourth-order valence-corrected chi connectivity index (χ4v) is 2.90. The Hall–Kier alpha value is -1.08. The molecule has 1 aromatic carbocycles. The van der Waals surface area contributed by atoms with Crippen molar-refractivity contribution in [2.45, 2.75) is 33.9 Å². The maximum Gasteiger partial charge on any atom is 0.191 e. The first kappa shape index (κ1) is 19.0. The molecule has 1 heterocycles. The number of nitrogens with one attached hydrogen (secondary N) is 2. The van der Waals surface area contributed by atoms with Gasteiger partial charge in [-0.05, 0) is 38.5 Å². The summed E-state index contributed by atoms with van der Waals surface area (Å²) in [7, 11) is 0. The average molecular weight is 429 g/mol. The topological polar surface area (TPSA) is 36.4 Å². The molecule has 22 heavy (non-hydrogen) atoms. The standard InChI is InChI=1S/C17H23N3S.HI/c1-4-18-17(20-12-16-9-8-14(3)21-16)19-11-15-7-5-6-13(2)10-15;/h5-10H,4,11-12H2,1-3H3,(H2,18,19,20);1H. The highest BCUT2D eigenvalue weighted by atomic mass is 127. The number of guanidine groups is 1. The fourth-order valence-electron chi connectivity index (χ4n) is 2.07. The monoisotopic (exact) mass is 429 g/mol. The Labute approximate surface area is 154 Å². The van der Waals surface area contributed by atoms with Crippen LogP contribution in [0.25, 0.3) is 0 Å². The molecule has 0 fully saturated rings. The molecule has 0 aliphatic carbocycles. The molecule has 2 aromatic rings. The van der Waals surface area contributed by atoms with Crippen molar-refractivity contribution in [2.75, 3.05) is 6.54 Å². The molecule has 0 saturated heterocycles. The summed E-state index contributed by atoms with van der Waals surface area (Å²) in [5, 5.41) is 6.67. The zero-order chi connectivity index (χ0) is 15.1. The number of thiophene rings is 1. The Morgan fingerprint density at radius 3 is 2.59 bits per heavy atom. The minimum absolute atomic E-state index is 0. The molecule has 0 aliphatic heterocycles. The molecule has 5 heteroatoms. The minimum Gasteiger partial charge on any atom is -0.357 e. The number of hydrogen-bond acceptors (Lipinski definition) is 2. The van der Waals surface area contributed by atoms with Gasteiger partial charge in [-0.3, -0.25) is 0 Å². The van der Waals surface area contributed by atoms with Crippen LogP contribution in [-0.4, -0.2) is 12.5 Å². The van der Waals surface area contributed by atoms with Gasteiger partial charge in [-0.2, -0.15) is 0 Å². The highest BCUT2D eigenvalue weighted by molar-refractivity contribution is 14.0. The molecule has 0 spiro atoms. The van der Waals surface area contributed by atoms with E-state index < -0.39 is 0 Å². The second kappa shape index (κ2) is 9.84. The highest BCUT2D eigenvalue weighted by Crippen LogP contribution is 2.14. The Balaban J connectivity index is 0.00000242. The van der Waals surface area contributed by atoms with E-state index in [1.807, 2.05) is 11.3 Å². The molecule has 0 aliphatic rings. The van der Waals surface area contributed by atoms with E-state index >= 15 is 0 Å². The summed E-state index contributed by atoms with van der Waals surface area (Å²) in [6, 6.07) is 12.8. The second-order valence-electron chi connectivity index (χ2n) is 5.05. The van der Waals surface area contributed by atoms with E-state index in [0.717, 1.165) is 19.0 Å². The van der Waals surface area contributed by atoms with E-state index in [4.69, 9.17) is 0 Å². The third-order valence-electron chi connectivity index (χ3n) is 3.07. The van der Waals surface area contributed by atoms with Gasteiger partial charge in [0, 0.05) is 16.3 Å². The summed E-state index contributed by atoms with van der Waals surface area (Å²) in [6.45, 7) is 8.70. The lowest BCUT2D eigenvalue weighted by Crippen LogP contribution is -2.36. The first-order valence-corrected chi connectivity index (χ1v) is 8.12. The van der Waals surface area contributed by atoms with Crippen LogP contribution < -0.4 is 10.6 Å². The van der Waals surface area contributed by atoms with Crippen LogP contribution in [0, 0.1) is 13.8 Å². The van der Waals surface area contributed by atoms with E-state index in [9.17, 15) is 0 Å². The summed E-state index contributed by atoms with van der Waals surface area (Å²) >= 11 is 1.82. The van der Waals surface area contributed by atoms with Crippen LogP contribution in [0.5, 0.6) is 0 Å². The molecule has 0 radical (unpaired) electrons. The van der Waals surface area contributed by atoms with Gasteiger partial charge in [0.25, 0.3) is 0 Å². The molecule has 2 N–H and O–H groups in total. The summed E-state index contributed by atoms with van der Waals surface area (Å²) in [5.74, 6) is 0.866. The molecule has 0 atom stereocenters. The summed E-state index contributed by atoms with van der Waals surface area (Å²) < 4.78 is 0. The van der Waals surface area contributed by atoms with Crippen LogP contribution in [0.2, 0.25) is 0 Å². The molecule has 3 nitrogen and oxygen atoms in total. The van der Waals surface area contributed by atoms with E-state index in [2.05, 4.69) is 72.8 Å². The lowest BCUT2D eigenvalue weighted by molar-refractivity contribution is 0.823. The third kappa shape index (κ3) is 6.36. The number of benzene rings is 1. The first-order valence-electron chi connectivity index (χ1n) is 7.30. The predicted octanol–water partition coefficient (Wildman–Crippen LogP) is 4.24. The minimum atomic E-state index is 0. The quantitative estimate of drug-likeness (QED) is 0.424. The van der Waals surface area contributed by atoms with Crippen molar-refractivity contribution in [3.63, 3.8) is 0 Å². The summed E-state index contributed by atoms with van der Waals surface area (Å²) in [4.78, 5) is 7.31. The molecular weight excluding hydrogens is 405 g/mol. The number of aliphatic imine (C=N–C) groups is 1. The van der Waals surface area contributed by atoms with Crippen molar-refractivity contribution in [3.05, 3.63) is 57.3 Å². The lowest BCUT2D eigenvalue weighted by Gasteiger charge is -2.10. The van der Waals surface area contributed by atoms with Gasteiger partial charge < -0.3 is 10.6 Å². The van der Waals surface area contributed by atoms with Gasteiger partial charge in [0.2, 0.25) is 0 Å². The fraction of sp³-hybridized carbons (Fsp3) is 0.353. The number of halogens is 1. The van der Waals surface area contributed by atoms with Gasteiger partial charge in [-0.15, -0.1) is 35.3 Å². The van der Waals surface area contributed by atoms with E-state index in [1.54, 1.807) is 0 Å². The molecule has 0 unspecified atom stereocenters. The molecule has 0 saturated carbocycles. The normalized spacial score (nSPS) is 11.0. The van der Waals surface area contributed by atoms with Crippen LogP contribution in [0.4, 0.5) is 0 Å². The van der Waals surface area contributed by atoms with Crippen LogP contribution in [0.15, 0.2) is 41.4 Å². The number of hydrogen-bond donors (Lipinski definition) is 2. The number of rotatable bonds is 5. The largest absolute Gasteiger partial charge is 0.357 e. The average Bonchev–Trinajstić information content (AvgIpc) is 2.88. The van der Waals surface area contributed by atoms with E-state index in [0.29, 0.717) is 6.54 Å². The van der Waals surface area contributed by atoms with Crippen LogP contribution in [0.3, 0.4) is 0 Å². The predicted molar refractivity (Wildman–Crippen MR) is 107 cm³/mol. The number of aryl methyl sites for hydroxylation is 2. The zero-order valence-electron chi connectivity index (χ0n) is 13.3. The molecule has 2 rings (SSSR count). The zero-order valence-corrected chi connectivity index (χ0v) is 16.5. The Kier molecular flexibility index (Phi) is 8.48. The Morgan fingerprint density at radius 2 is 1.95 bits per heavy atom. The van der Waals surface area contributed by atoms with Crippen molar-refractivity contribution in [1.82, 2.24) is 10.6 Å². The first-order chi connectivity index (χ1) is 10.2. The van der Waals surface area contributed by atoms with Gasteiger partial charge >= 0.3 is 0 Å². The lowest BCUT2D eigenvalue weighted by atomic mass is 10.1. The molecule has 0 amide bonds. The second-order valence-corrected chi connectivity index (χ2v) is 6.42. The van der Waals surface area contributed by atoms with Gasteiger partial charge in [-0.1, -0.05) is 29.8 Å². The number of nitrogens with zero attached hydrogens (tertiary/aromatic N) is 1. The van der Waals surface area contributed by atoms with Gasteiger partial charge in [0.15, 0.2) is 5.96 Å². The van der Waals surface area contributed by atoms with Crippen molar-refractivity contribution in [3.8, 4) is 0 Å². The molecule has 1 aromatic heterocycles. The third-order valence-corrected chi connectivity index (χ3v) is 4.07. The van der Waals surface area contributed by atoms with E-state index in [-0.39, 0.29) is 24.0 Å². The molecule has 0 bridgehead atoms. The van der Waals surface area contributed by atoms with Gasteiger partial charge in [0.05, 0.1) is 13.1 Å². The van der Waals surface area contributed by atoms with E-state index in [1.165, 1.54) is 20.9 Å². The van der Waals surface area contributed by atoms with Crippen LogP contribution in [-0.2, 0) is 13.1 Å². The Morgan fingerprint density at radius 1 is 1.14 bits per heavy atom. The van der Waals surface area contributed by atoms with Crippen molar-refractivity contribution >= 4 is 41.3 Å². The van der Waals surface area contributed by atoms with Crippen molar-refractivity contribution < 1.29 is 0 Å². The Bertz CT molecular complexity index is 607. The molecular formula is C17H24IN3S. The van der Waals surface area contributed by atoms with Gasteiger partial charge in [0.1, 0.15) is 0 Å². The molecule has 120 valence electrons. The van der Waals surface area contributed by atoms with Crippen LogP contribution >= 0.6 is 35.3 Å². The summed E-state index contributed by atoms with van der Waals surface area (Å²) in [6.07, 6.45) is 0. The van der Waals surface area contributed by atoms with Crippen molar-refractivity contribution in [2.24, 2.45) is 4.99 Å². The summed E-state index contributed by atoms with van der Waals surface area (Å²) in [5.41, 5.74) is 2.51. The van der Waals surface area contributed by atoms with Crippen molar-refractivity contribution in [1.29, 1.82) is 0 Å². The maximum absolute atomic E-state index is 4.65. The maximum atomic E-state index is 4.65. The van der Waals surface area contributed by atoms with Crippen LogP contribution in [0.1, 0.15) is 27.8 Å². The van der Waals surface area contributed by atoms with Gasteiger partial charge in [-0.25, -0.2) is 4.99 Å². The highest BCUT2D eigenvalue weighted by Gasteiger charge is 2.00. The SMILES string of the molecule is CCNC(=NCc1cccc(C)c1)NCc1ccc(C)s1.I.